The van der Waals surface area contributed by atoms with Crippen LogP contribution in [-0.2, 0) is 9.53 Å². The van der Waals surface area contributed by atoms with E-state index in [9.17, 15) is 4.79 Å². The smallest absolute Gasteiger partial charge is 0.326 e. The highest BCUT2D eigenvalue weighted by Crippen LogP contribution is 2.50. The van der Waals surface area contributed by atoms with Gasteiger partial charge in [0.15, 0.2) is 0 Å². The summed E-state index contributed by atoms with van der Waals surface area (Å²) in [4.78, 5) is 12.4. The number of hydrogen-bond acceptors (Lipinski definition) is 3. The molecule has 3 nitrogen and oxygen atoms in total. The summed E-state index contributed by atoms with van der Waals surface area (Å²) in [6.07, 6.45) is 2.86. The largest absolute Gasteiger partial charge is 0.465 e. The van der Waals surface area contributed by atoms with E-state index in [0.717, 1.165) is 25.8 Å². The van der Waals surface area contributed by atoms with Crippen LogP contribution in [0.4, 0.5) is 0 Å². The lowest BCUT2D eigenvalue weighted by Gasteiger charge is -2.50. The molecule has 0 aliphatic heterocycles. The van der Waals surface area contributed by atoms with Crippen LogP contribution in [0.5, 0.6) is 0 Å². The summed E-state index contributed by atoms with van der Waals surface area (Å²) < 4.78 is 5.32. The number of hydrogen-bond donors (Lipinski definition) is 1. The Balaban J connectivity index is 3.05. The van der Waals surface area contributed by atoms with E-state index in [0.29, 0.717) is 6.61 Å². The van der Waals surface area contributed by atoms with Crippen molar-refractivity contribution in [2.24, 2.45) is 10.8 Å². The molecule has 0 amide bonds. The molecule has 0 spiro atoms. The normalized spacial score (nSPS) is 24.6. The Labute approximate surface area is 112 Å². The first-order chi connectivity index (χ1) is 8.16. The maximum Gasteiger partial charge on any atom is 0.326 e. The molecule has 1 N–H and O–H groups in total. The molecular weight excluding hydrogens is 226 g/mol. The highest BCUT2D eigenvalue weighted by molar-refractivity contribution is 5.81. The summed E-state index contributed by atoms with van der Waals surface area (Å²) in [6.45, 7) is 14.2. The molecule has 0 aromatic heterocycles. The monoisotopic (exact) mass is 255 g/mol. The highest BCUT2D eigenvalue weighted by atomic mass is 16.5. The third kappa shape index (κ3) is 3.47. The zero-order valence-corrected chi connectivity index (χ0v) is 12.9. The van der Waals surface area contributed by atoms with Crippen molar-refractivity contribution >= 4 is 5.97 Å². The third-order valence-corrected chi connectivity index (χ3v) is 3.70. The highest BCUT2D eigenvalue weighted by Gasteiger charge is 2.52. The average Bonchev–Trinajstić information content (AvgIpc) is 2.13. The van der Waals surface area contributed by atoms with Crippen molar-refractivity contribution in [2.75, 3.05) is 13.2 Å². The molecule has 0 saturated heterocycles. The van der Waals surface area contributed by atoms with Gasteiger partial charge < -0.3 is 10.1 Å². The van der Waals surface area contributed by atoms with E-state index in [1.54, 1.807) is 0 Å². The van der Waals surface area contributed by atoms with E-state index < -0.39 is 5.54 Å². The number of ether oxygens (including phenoxy) is 1. The van der Waals surface area contributed by atoms with E-state index in [-0.39, 0.29) is 16.8 Å². The van der Waals surface area contributed by atoms with E-state index >= 15 is 0 Å². The van der Waals surface area contributed by atoms with Gasteiger partial charge >= 0.3 is 5.97 Å². The molecule has 1 fully saturated rings. The molecular formula is C15H29NO2. The molecule has 0 unspecified atom stereocenters. The van der Waals surface area contributed by atoms with Crippen molar-refractivity contribution in [3.8, 4) is 0 Å². The van der Waals surface area contributed by atoms with Crippen LogP contribution >= 0.6 is 0 Å². The molecule has 1 saturated carbocycles. The molecule has 3 heteroatoms. The summed E-state index contributed by atoms with van der Waals surface area (Å²) in [7, 11) is 0. The van der Waals surface area contributed by atoms with Crippen molar-refractivity contribution < 1.29 is 9.53 Å². The van der Waals surface area contributed by atoms with Crippen molar-refractivity contribution in [3.63, 3.8) is 0 Å². The van der Waals surface area contributed by atoms with Gasteiger partial charge in [0.05, 0.1) is 6.61 Å². The van der Waals surface area contributed by atoms with Crippen LogP contribution in [0.15, 0.2) is 0 Å². The number of carbonyl (C=O) groups excluding carboxylic acids is 1. The Hall–Kier alpha value is -0.570. The minimum atomic E-state index is -0.504. The lowest BCUT2D eigenvalue weighted by atomic mass is 9.58. The first-order valence-electron chi connectivity index (χ1n) is 7.09. The predicted molar refractivity (Wildman–Crippen MR) is 74.5 cm³/mol. The van der Waals surface area contributed by atoms with Crippen LogP contribution in [0.2, 0.25) is 0 Å². The van der Waals surface area contributed by atoms with E-state index in [4.69, 9.17) is 4.74 Å². The number of esters is 1. The van der Waals surface area contributed by atoms with Gasteiger partial charge in [-0.05, 0) is 43.6 Å². The minimum absolute atomic E-state index is 0.0762. The van der Waals surface area contributed by atoms with Crippen molar-refractivity contribution in [2.45, 2.75) is 66.3 Å². The number of rotatable bonds is 4. The predicted octanol–water partition coefficient (Wildman–Crippen LogP) is 3.13. The van der Waals surface area contributed by atoms with Gasteiger partial charge in [-0.2, -0.15) is 0 Å². The second-order valence-corrected chi connectivity index (χ2v) is 7.19. The molecule has 1 aliphatic carbocycles. The Kier molecular flexibility index (Phi) is 4.47. The summed E-state index contributed by atoms with van der Waals surface area (Å²) in [5.41, 5.74) is -0.177. The number of nitrogens with one attached hydrogen (secondary N) is 1. The second kappa shape index (κ2) is 5.20. The fraction of sp³-hybridized carbons (Fsp3) is 0.933. The van der Waals surface area contributed by atoms with Gasteiger partial charge in [-0.15, -0.1) is 0 Å². The molecule has 0 radical (unpaired) electrons. The maximum atomic E-state index is 12.4. The van der Waals surface area contributed by atoms with Gasteiger partial charge in [0.2, 0.25) is 0 Å². The van der Waals surface area contributed by atoms with E-state index in [1.807, 2.05) is 6.92 Å². The molecule has 0 heterocycles. The lowest BCUT2D eigenvalue weighted by Crippen LogP contribution is -2.60. The first-order valence-corrected chi connectivity index (χ1v) is 7.09. The molecule has 0 aromatic rings. The van der Waals surface area contributed by atoms with Crippen molar-refractivity contribution in [1.29, 1.82) is 0 Å². The van der Waals surface area contributed by atoms with Crippen LogP contribution in [0.3, 0.4) is 0 Å². The Morgan fingerprint density at radius 1 is 1.06 bits per heavy atom. The molecule has 0 aromatic carbocycles. The molecule has 0 bridgehead atoms. The van der Waals surface area contributed by atoms with Gasteiger partial charge in [0.1, 0.15) is 5.54 Å². The van der Waals surface area contributed by atoms with E-state index in [1.165, 1.54) is 0 Å². The molecule has 18 heavy (non-hydrogen) atoms. The Morgan fingerprint density at radius 3 is 1.94 bits per heavy atom. The Morgan fingerprint density at radius 2 is 1.56 bits per heavy atom. The Bertz CT molecular complexity index is 292. The third-order valence-electron chi connectivity index (χ3n) is 3.70. The second-order valence-electron chi connectivity index (χ2n) is 7.19. The minimum Gasteiger partial charge on any atom is -0.465 e. The molecule has 1 rings (SSSR count). The van der Waals surface area contributed by atoms with Crippen LogP contribution in [-0.4, -0.2) is 24.7 Å². The van der Waals surface area contributed by atoms with Gasteiger partial charge in [-0.25, -0.2) is 0 Å². The topological polar surface area (TPSA) is 38.3 Å². The fourth-order valence-electron chi connectivity index (χ4n) is 4.07. The van der Waals surface area contributed by atoms with Gasteiger partial charge in [0.25, 0.3) is 0 Å². The maximum absolute atomic E-state index is 12.4. The summed E-state index contributed by atoms with van der Waals surface area (Å²) in [5.74, 6) is -0.0762. The SMILES string of the molecule is CCNC1(C(=O)OCC)CC(C)(C)CC(C)(C)C1. The zero-order valence-electron chi connectivity index (χ0n) is 12.9. The van der Waals surface area contributed by atoms with Gasteiger partial charge in [-0.1, -0.05) is 34.6 Å². The van der Waals surface area contributed by atoms with Gasteiger partial charge in [-0.3, -0.25) is 4.79 Å². The van der Waals surface area contributed by atoms with Crippen molar-refractivity contribution in [1.82, 2.24) is 5.32 Å². The van der Waals surface area contributed by atoms with Crippen molar-refractivity contribution in [3.05, 3.63) is 0 Å². The summed E-state index contributed by atoms with van der Waals surface area (Å²) in [5, 5.41) is 3.42. The fourth-order valence-corrected chi connectivity index (χ4v) is 4.07. The summed E-state index contributed by atoms with van der Waals surface area (Å²) in [6, 6.07) is 0. The average molecular weight is 255 g/mol. The van der Waals surface area contributed by atoms with Gasteiger partial charge in [0, 0.05) is 0 Å². The molecule has 0 atom stereocenters. The van der Waals surface area contributed by atoms with E-state index in [2.05, 4.69) is 39.9 Å². The van der Waals surface area contributed by atoms with Crippen LogP contribution in [0.25, 0.3) is 0 Å². The number of likely N-dealkylation sites (N-methyl/N-ethyl adjacent to an activating group) is 1. The standard InChI is InChI=1S/C15H29NO2/c1-7-16-15(12(17)18-8-2)10-13(3,4)9-14(5,6)11-15/h16H,7-11H2,1-6H3. The molecule has 1 aliphatic rings. The number of carbonyl (C=O) groups is 1. The van der Waals surface area contributed by atoms with Crippen LogP contribution in [0, 0.1) is 10.8 Å². The zero-order chi connectivity index (χ0) is 14.0. The quantitative estimate of drug-likeness (QED) is 0.784. The van der Waals surface area contributed by atoms with Crippen LogP contribution in [0.1, 0.15) is 60.8 Å². The first kappa shape index (κ1) is 15.5. The lowest BCUT2D eigenvalue weighted by molar-refractivity contribution is -0.157. The summed E-state index contributed by atoms with van der Waals surface area (Å²) >= 11 is 0. The molecule has 106 valence electrons. The van der Waals surface area contributed by atoms with Crippen LogP contribution < -0.4 is 5.32 Å².